The molecule has 0 radical (unpaired) electrons. The lowest BCUT2D eigenvalue weighted by atomic mass is 10.1. The van der Waals surface area contributed by atoms with Crippen LogP contribution >= 0.6 is 22.9 Å². The quantitative estimate of drug-likeness (QED) is 0.906. The maximum absolute atomic E-state index is 11.9. The lowest BCUT2D eigenvalue weighted by Crippen LogP contribution is -2.36. The second kappa shape index (κ2) is 6.03. The Hall–Kier alpha value is -1.59. The lowest BCUT2D eigenvalue weighted by molar-refractivity contribution is 0.240. The molecule has 2 amide bonds. The largest absolute Gasteiger partial charge is 0.335 e. The molecule has 1 aromatic carbocycles. The first-order valence-electron chi connectivity index (χ1n) is 6.83. The molecule has 0 bridgehead atoms. The zero-order chi connectivity index (χ0) is 14.8. The van der Waals surface area contributed by atoms with Crippen LogP contribution in [0.25, 0.3) is 0 Å². The molecule has 4 nitrogen and oxygen atoms in total. The van der Waals surface area contributed by atoms with Gasteiger partial charge in [0.15, 0.2) is 0 Å². The molecule has 0 spiro atoms. The molecule has 1 saturated carbocycles. The van der Waals surface area contributed by atoms with Gasteiger partial charge in [-0.25, -0.2) is 9.78 Å². The molecule has 1 aromatic heterocycles. The van der Waals surface area contributed by atoms with Crippen molar-refractivity contribution in [2.75, 3.05) is 0 Å². The van der Waals surface area contributed by atoms with Crippen molar-refractivity contribution in [3.05, 3.63) is 50.9 Å². The normalized spacial score (nSPS) is 20.1. The third-order valence-electron chi connectivity index (χ3n) is 3.48. The Morgan fingerprint density at radius 3 is 3.10 bits per heavy atom. The third-order valence-corrected chi connectivity index (χ3v) is 4.62. The van der Waals surface area contributed by atoms with Crippen molar-refractivity contribution < 1.29 is 4.79 Å². The van der Waals surface area contributed by atoms with Crippen molar-refractivity contribution in [3.8, 4) is 0 Å². The number of hydrogen-bond acceptors (Lipinski definition) is 3. The van der Waals surface area contributed by atoms with Crippen molar-refractivity contribution in [3.63, 3.8) is 0 Å². The molecule has 0 saturated heterocycles. The van der Waals surface area contributed by atoms with E-state index < -0.39 is 0 Å². The number of halogens is 1. The highest BCUT2D eigenvalue weighted by atomic mass is 35.5. The van der Waals surface area contributed by atoms with Crippen LogP contribution in [0.4, 0.5) is 4.79 Å². The van der Waals surface area contributed by atoms with Gasteiger partial charge >= 0.3 is 6.03 Å². The number of carbonyl (C=O) groups is 1. The van der Waals surface area contributed by atoms with E-state index in [1.165, 1.54) is 5.56 Å². The summed E-state index contributed by atoms with van der Waals surface area (Å²) in [7, 11) is 0. The molecule has 1 heterocycles. The maximum atomic E-state index is 11.9. The minimum absolute atomic E-state index is 0.129. The van der Waals surface area contributed by atoms with E-state index in [1.807, 2.05) is 25.1 Å². The van der Waals surface area contributed by atoms with Gasteiger partial charge in [0.1, 0.15) is 0 Å². The first-order valence-corrected chi connectivity index (χ1v) is 8.02. The predicted octanol–water partition coefficient (Wildman–Crippen LogP) is 3.46. The Balaban J connectivity index is 1.46. The van der Waals surface area contributed by atoms with Crippen LogP contribution in [0.2, 0.25) is 5.02 Å². The van der Waals surface area contributed by atoms with Crippen molar-refractivity contribution in [2.24, 2.45) is 0 Å². The predicted molar refractivity (Wildman–Crippen MR) is 84.8 cm³/mol. The fourth-order valence-corrected chi connectivity index (χ4v) is 3.27. The fraction of sp³-hybridized carbons (Fsp3) is 0.333. The Morgan fingerprint density at radius 1 is 1.52 bits per heavy atom. The van der Waals surface area contributed by atoms with E-state index in [0.717, 1.165) is 21.3 Å². The number of aromatic nitrogens is 1. The molecule has 21 heavy (non-hydrogen) atoms. The number of thiazole rings is 1. The zero-order valence-electron chi connectivity index (χ0n) is 11.6. The number of hydrogen-bond donors (Lipinski definition) is 2. The van der Waals surface area contributed by atoms with E-state index >= 15 is 0 Å². The molecule has 2 aromatic rings. The Bertz CT molecular complexity index is 658. The highest BCUT2D eigenvalue weighted by Crippen LogP contribution is 2.41. The first-order chi connectivity index (χ1) is 10.1. The summed E-state index contributed by atoms with van der Waals surface area (Å²) < 4.78 is 0. The van der Waals surface area contributed by atoms with Crippen LogP contribution < -0.4 is 10.6 Å². The van der Waals surface area contributed by atoms with Crippen LogP contribution in [0.5, 0.6) is 0 Å². The van der Waals surface area contributed by atoms with E-state index in [-0.39, 0.29) is 12.1 Å². The molecule has 2 atom stereocenters. The number of carbonyl (C=O) groups excluding carboxylic acids is 1. The van der Waals surface area contributed by atoms with E-state index in [1.54, 1.807) is 17.5 Å². The number of aryl methyl sites for hydroxylation is 1. The van der Waals surface area contributed by atoms with Crippen molar-refractivity contribution in [2.45, 2.75) is 31.8 Å². The Labute approximate surface area is 132 Å². The van der Waals surface area contributed by atoms with Crippen LogP contribution in [0, 0.1) is 6.92 Å². The summed E-state index contributed by atoms with van der Waals surface area (Å²) in [6.45, 7) is 2.47. The van der Waals surface area contributed by atoms with Crippen LogP contribution in [0.3, 0.4) is 0 Å². The highest BCUT2D eigenvalue weighted by molar-refractivity contribution is 7.11. The topological polar surface area (TPSA) is 54.0 Å². The van der Waals surface area contributed by atoms with E-state index in [2.05, 4.69) is 21.7 Å². The molecule has 0 unspecified atom stereocenters. The number of rotatable bonds is 4. The molecular formula is C15H16ClN3OS. The molecule has 3 rings (SSSR count). The van der Waals surface area contributed by atoms with Crippen LogP contribution in [-0.4, -0.2) is 17.1 Å². The van der Waals surface area contributed by atoms with Crippen LogP contribution in [-0.2, 0) is 6.54 Å². The minimum atomic E-state index is -0.129. The SMILES string of the molecule is Cc1ncc(CNC(=O)N[C@H]2C[C@@H]2c2cccc(Cl)c2)s1. The standard InChI is InChI=1S/C15H16ClN3OS/c1-9-17-7-12(21-9)8-18-15(20)19-14-6-13(14)10-3-2-4-11(16)5-10/h2-5,7,13-14H,6,8H2,1H3,(H2,18,19,20)/t13-,14+/m1/s1. The summed E-state index contributed by atoms with van der Waals surface area (Å²) in [6.07, 6.45) is 2.76. The van der Waals surface area contributed by atoms with Gasteiger partial charge in [-0.05, 0) is 31.0 Å². The van der Waals surface area contributed by atoms with Gasteiger partial charge in [0, 0.05) is 28.1 Å². The van der Waals surface area contributed by atoms with Crippen LogP contribution in [0.1, 0.15) is 27.8 Å². The summed E-state index contributed by atoms with van der Waals surface area (Å²) in [5.41, 5.74) is 1.19. The van der Waals surface area contributed by atoms with Gasteiger partial charge in [-0.15, -0.1) is 11.3 Å². The molecule has 1 aliphatic rings. The van der Waals surface area contributed by atoms with E-state index in [0.29, 0.717) is 12.5 Å². The summed E-state index contributed by atoms with van der Waals surface area (Å²) in [5.74, 6) is 0.375. The Kier molecular flexibility index (Phi) is 4.12. The molecular weight excluding hydrogens is 306 g/mol. The summed E-state index contributed by atoms with van der Waals surface area (Å²) in [5, 5.41) is 7.60. The van der Waals surface area contributed by atoms with Gasteiger partial charge in [0.05, 0.1) is 11.6 Å². The van der Waals surface area contributed by atoms with Crippen molar-refractivity contribution in [1.29, 1.82) is 0 Å². The third kappa shape index (κ3) is 3.74. The summed E-state index contributed by atoms with van der Waals surface area (Å²) in [6, 6.07) is 7.89. The zero-order valence-corrected chi connectivity index (χ0v) is 13.2. The summed E-state index contributed by atoms with van der Waals surface area (Å²) >= 11 is 7.58. The van der Waals surface area contributed by atoms with Crippen molar-refractivity contribution >= 4 is 29.0 Å². The second-order valence-electron chi connectivity index (χ2n) is 5.18. The molecule has 110 valence electrons. The molecule has 1 aliphatic carbocycles. The monoisotopic (exact) mass is 321 g/mol. The number of urea groups is 1. The average molecular weight is 322 g/mol. The molecule has 0 aliphatic heterocycles. The van der Waals surface area contributed by atoms with Gasteiger partial charge < -0.3 is 10.6 Å². The van der Waals surface area contributed by atoms with Gasteiger partial charge in [-0.1, -0.05) is 23.7 Å². The van der Waals surface area contributed by atoms with E-state index in [9.17, 15) is 4.79 Å². The lowest BCUT2D eigenvalue weighted by Gasteiger charge is -2.06. The average Bonchev–Trinajstić information content (AvgIpc) is 3.09. The van der Waals surface area contributed by atoms with Gasteiger partial charge in [-0.2, -0.15) is 0 Å². The number of amides is 2. The Morgan fingerprint density at radius 2 is 2.38 bits per heavy atom. The number of nitrogens with one attached hydrogen (secondary N) is 2. The van der Waals surface area contributed by atoms with Gasteiger partial charge in [0.2, 0.25) is 0 Å². The number of nitrogens with zero attached hydrogens (tertiary/aromatic N) is 1. The first kappa shape index (κ1) is 14.4. The fourth-order valence-electron chi connectivity index (χ4n) is 2.33. The van der Waals surface area contributed by atoms with Gasteiger partial charge in [0.25, 0.3) is 0 Å². The second-order valence-corrected chi connectivity index (χ2v) is 6.93. The molecule has 6 heteroatoms. The van der Waals surface area contributed by atoms with Crippen LogP contribution in [0.15, 0.2) is 30.5 Å². The minimum Gasteiger partial charge on any atom is -0.335 e. The summed E-state index contributed by atoms with van der Waals surface area (Å²) in [4.78, 5) is 17.1. The van der Waals surface area contributed by atoms with Gasteiger partial charge in [-0.3, -0.25) is 0 Å². The highest BCUT2D eigenvalue weighted by Gasteiger charge is 2.39. The number of benzene rings is 1. The smallest absolute Gasteiger partial charge is 0.315 e. The van der Waals surface area contributed by atoms with Crippen molar-refractivity contribution in [1.82, 2.24) is 15.6 Å². The maximum Gasteiger partial charge on any atom is 0.315 e. The molecule has 1 fully saturated rings. The van der Waals surface area contributed by atoms with E-state index in [4.69, 9.17) is 11.6 Å². The molecule has 2 N–H and O–H groups in total.